The standard InChI is InChI=1S/C23H15ClN3O/c24-17-11-9-16(10-12-17)21-13-20(22(28)14-26-25)19-8-4-7-18(23(19)27-21)15-5-2-1-3-6-15/h1-14,25H/q+1. The van der Waals surface area contributed by atoms with Gasteiger partial charge in [0.1, 0.15) is 0 Å². The van der Waals surface area contributed by atoms with Gasteiger partial charge in [0, 0.05) is 27.1 Å². The molecule has 0 unspecified atom stereocenters. The van der Waals surface area contributed by atoms with Crippen LogP contribution in [0.25, 0.3) is 33.3 Å². The zero-order valence-corrected chi connectivity index (χ0v) is 15.5. The zero-order chi connectivity index (χ0) is 19.5. The van der Waals surface area contributed by atoms with Gasteiger partial charge in [-0.25, -0.2) is 4.98 Å². The molecule has 5 heteroatoms. The number of Topliss-reactive ketones (excluding diaryl/α,β-unsaturated/α-hetero) is 1. The number of nitrogens with zero attached hydrogens (tertiary/aromatic N) is 2. The molecule has 4 aromatic rings. The minimum atomic E-state index is -0.331. The summed E-state index contributed by atoms with van der Waals surface area (Å²) in [5.41, 5.74) is 11.7. The maximum Gasteiger partial charge on any atom is 0.377 e. The van der Waals surface area contributed by atoms with Gasteiger partial charge in [-0.2, -0.15) is 0 Å². The van der Waals surface area contributed by atoms with Crippen LogP contribution >= 0.6 is 11.6 Å². The molecule has 0 aliphatic carbocycles. The van der Waals surface area contributed by atoms with Crippen LogP contribution in [0.5, 0.6) is 0 Å². The summed E-state index contributed by atoms with van der Waals surface area (Å²) in [5.74, 6) is -0.331. The third kappa shape index (κ3) is 3.35. The smallest absolute Gasteiger partial charge is 0.281 e. The first-order valence-corrected chi connectivity index (χ1v) is 9.04. The summed E-state index contributed by atoms with van der Waals surface area (Å²) in [6.45, 7) is 0. The number of fused-ring (bicyclic) bond motifs is 1. The molecule has 4 rings (SSSR count). The van der Waals surface area contributed by atoms with Gasteiger partial charge in [0.25, 0.3) is 5.78 Å². The Bertz CT molecular complexity index is 1230. The van der Waals surface area contributed by atoms with Crippen LogP contribution in [0.3, 0.4) is 0 Å². The summed E-state index contributed by atoms with van der Waals surface area (Å²) in [7, 11) is 0. The predicted octanol–water partition coefficient (Wildman–Crippen LogP) is 5.71. The highest BCUT2D eigenvalue weighted by Gasteiger charge is 2.18. The lowest BCUT2D eigenvalue weighted by Crippen LogP contribution is -2.04. The van der Waals surface area contributed by atoms with E-state index < -0.39 is 0 Å². The van der Waals surface area contributed by atoms with Crippen molar-refractivity contribution in [1.82, 2.24) is 4.98 Å². The highest BCUT2D eigenvalue weighted by molar-refractivity contribution is 6.36. The van der Waals surface area contributed by atoms with Crippen LogP contribution in [0.1, 0.15) is 10.4 Å². The average molecular weight is 385 g/mol. The highest BCUT2D eigenvalue weighted by Crippen LogP contribution is 2.32. The monoisotopic (exact) mass is 384 g/mol. The zero-order valence-electron chi connectivity index (χ0n) is 14.8. The van der Waals surface area contributed by atoms with E-state index in [2.05, 4.69) is 4.79 Å². The summed E-state index contributed by atoms with van der Waals surface area (Å²) >= 11 is 6.01. The quantitative estimate of drug-likeness (QED) is 0.212. The van der Waals surface area contributed by atoms with Gasteiger partial charge >= 0.3 is 6.21 Å². The Kier molecular flexibility index (Phi) is 4.81. The third-order valence-electron chi connectivity index (χ3n) is 4.51. The van der Waals surface area contributed by atoms with E-state index in [1.54, 1.807) is 18.2 Å². The Hall–Kier alpha value is -3.59. The number of aromatic nitrogens is 1. The van der Waals surface area contributed by atoms with Crippen LogP contribution in [0.4, 0.5) is 0 Å². The lowest BCUT2D eigenvalue weighted by atomic mass is 9.96. The number of nitrogens with one attached hydrogen (secondary N) is 1. The second-order valence-corrected chi connectivity index (χ2v) is 6.69. The van der Waals surface area contributed by atoms with E-state index in [1.807, 2.05) is 60.7 Å². The number of carbonyl (C=O) groups excluding carboxylic acids is 1. The van der Waals surface area contributed by atoms with Crippen LogP contribution in [-0.4, -0.2) is 21.8 Å². The Labute approximate surface area is 166 Å². The molecule has 1 N–H and O–H groups in total. The molecule has 0 aliphatic heterocycles. The number of benzene rings is 3. The van der Waals surface area contributed by atoms with Crippen molar-refractivity contribution in [3.8, 4) is 22.4 Å². The van der Waals surface area contributed by atoms with Crippen LogP contribution in [0.2, 0.25) is 5.02 Å². The van der Waals surface area contributed by atoms with Gasteiger partial charge in [-0.15, -0.1) is 0 Å². The van der Waals surface area contributed by atoms with E-state index in [0.29, 0.717) is 16.3 Å². The first-order valence-electron chi connectivity index (χ1n) is 8.66. The molecule has 3 aromatic carbocycles. The Morgan fingerprint density at radius 1 is 0.929 bits per heavy atom. The van der Waals surface area contributed by atoms with E-state index in [4.69, 9.17) is 22.1 Å². The molecular formula is C23H15ClN3O+. The molecule has 0 aliphatic rings. The van der Waals surface area contributed by atoms with E-state index >= 15 is 0 Å². The van der Waals surface area contributed by atoms with Crippen LogP contribution in [0.15, 0.2) is 78.9 Å². The van der Waals surface area contributed by atoms with Gasteiger partial charge in [0.05, 0.1) is 21.5 Å². The molecule has 0 fully saturated rings. The van der Waals surface area contributed by atoms with Gasteiger partial charge in [0.2, 0.25) is 0 Å². The summed E-state index contributed by atoms with van der Waals surface area (Å²) in [6, 6.07) is 24.7. The number of para-hydroxylation sites is 1. The molecule has 0 radical (unpaired) electrons. The van der Waals surface area contributed by atoms with Crippen molar-refractivity contribution in [2.24, 2.45) is 0 Å². The molecule has 28 heavy (non-hydrogen) atoms. The number of ketones is 1. The Morgan fingerprint density at radius 2 is 1.68 bits per heavy atom. The number of hydrogen-bond donors (Lipinski definition) is 1. The Balaban J connectivity index is 2.05. The van der Waals surface area contributed by atoms with Crippen LogP contribution in [0, 0.1) is 5.53 Å². The van der Waals surface area contributed by atoms with Crippen molar-refractivity contribution in [3.63, 3.8) is 0 Å². The average Bonchev–Trinajstić information content (AvgIpc) is 2.74. The SMILES string of the molecule is N=[N+]=CC(=O)c1cc(-c2ccc(Cl)cc2)nc2c(-c3ccccc3)cccc12. The highest BCUT2D eigenvalue weighted by atomic mass is 35.5. The first kappa shape index (κ1) is 17.8. The largest absolute Gasteiger partial charge is 0.377 e. The van der Waals surface area contributed by atoms with Gasteiger partial charge in [-0.1, -0.05) is 72.3 Å². The number of hydrogen-bond acceptors (Lipinski definition) is 3. The fraction of sp³-hybridized carbons (Fsp3) is 0. The summed E-state index contributed by atoms with van der Waals surface area (Å²) < 4.78 is 0. The molecule has 4 nitrogen and oxygen atoms in total. The summed E-state index contributed by atoms with van der Waals surface area (Å²) in [5, 5.41) is 1.36. The fourth-order valence-electron chi connectivity index (χ4n) is 3.20. The lowest BCUT2D eigenvalue weighted by molar-refractivity contribution is -0.111. The van der Waals surface area contributed by atoms with Crippen LogP contribution < -0.4 is 0 Å². The predicted molar refractivity (Wildman–Crippen MR) is 111 cm³/mol. The minimum absolute atomic E-state index is 0.331. The fourth-order valence-corrected chi connectivity index (χ4v) is 3.33. The van der Waals surface area contributed by atoms with Crippen molar-refractivity contribution in [3.05, 3.63) is 89.4 Å². The van der Waals surface area contributed by atoms with Crippen molar-refractivity contribution in [2.75, 3.05) is 0 Å². The van der Waals surface area contributed by atoms with E-state index in [9.17, 15) is 4.79 Å². The van der Waals surface area contributed by atoms with Crippen molar-refractivity contribution < 1.29 is 9.58 Å². The number of pyridine rings is 1. The van der Waals surface area contributed by atoms with Crippen molar-refractivity contribution in [2.45, 2.75) is 0 Å². The van der Waals surface area contributed by atoms with Crippen LogP contribution in [-0.2, 0) is 0 Å². The third-order valence-corrected chi connectivity index (χ3v) is 4.76. The number of rotatable bonds is 4. The summed E-state index contributed by atoms with van der Waals surface area (Å²) in [6.07, 6.45) is 1.01. The molecule has 0 spiro atoms. The van der Waals surface area contributed by atoms with Gasteiger partial charge in [-0.3, -0.25) is 4.79 Å². The van der Waals surface area contributed by atoms with E-state index in [-0.39, 0.29) is 5.78 Å². The summed E-state index contributed by atoms with van der Waals surface area (Å²) in [4.78, 5) is 20.6. The maximum absolute atomic E-state index is 12.6. The molecule has 0 saturated heterocycles. The van der Waals surface area contributed by atoms with Crippen molar-refractivity contribution >= 4 is 34.5 Å². The number of halogens is 1. The molecule has 0 saturated carbocycles. The number of carbonyl (C=O) groups is 1. The second kappa shape index (κ2) is 7.57. The molecule has 1 heterocycles. The minimum Gasteiger partial charge on any atom is -0.281 e. The van der Waals surface area contributed by atoms with Gasteiger partial charge in [-0.05, 0) is 23.8 Å². The van der Waals surface area contributed by atoms with E-state index in [1.165, 1.54) is 0 Å². The van der Waals surface area contributed by atoms with E-state index in [0.717, 1.165) is 33.8 Å². The molecule has 0 amide bonds. The van der Waals surface area contributed by atoms with Gasteiger partial charge in [0.15, 0.2) is 0 Å². The second-order valence-electron chi connectivity index (χ2n) is 6.25. The topological polar surface area (TPSA) is 67.9 Å². The molecule has 134 valence electrons. The van der Waals surface area contributed by atoms with Crippen molar-refractivity contribution in [1.29, 1.82) is 5.53 Å². The maximum atomic E-state index is 12.6. The first-order chi connectivity index (χ1) is 13.7. The Morgan fingerprint density at radius 3 is 2.39 bits per heavy atom. The normalized spacial score (nSPS) is 10.5. The molecule has 0 bridgehead atoms. The molecular weight excluding hydrogens is 370 g/mol. The molecule has 0 atom stereocenters. The van der Waals surface area contributed by atoms with Gasteiger partial charge < -0.3 is 0 Å². The lowest BCUT2D eigenvalue weighted by Gasteiger charge is -2.11. The molecule has 1 aromatic heterocycles.